The molecule has 10 heavy (non-hydrogen) atoms. The third-order valence-corrected chi connectivity index (χ3v) is 1.33. The van der Waals surface area contributed by atoms with Crippen LogP contribution in [0.25, 0.3) is 11.0 Å². The predicted molar refractivity (Wildman–Crippen MR) is 46.4 cm³/mol. The first-order valence-corrected chi connectivity index (χ1v) is 2.85. The molecule has 0 atom stereocenters. The zero-order valence-electron chi connectivity index (χ0n) is 5.24. The lowest BCUT2D eigenvalue weighted by atomic mass is 10.3. The molecule has 2 rings (SSSR count). The largest absolute Gasteiger partial charge is 0.345 e. The van der Waals surface area contributed by atoms with Crippen LogP contribution in [-0.4, -0.2) is 9.97 Å². The minimum absolute atomic E-state index is 0. The number of hydrogen-bond acceptors (Lipinski definition) is 1. The quantitative estimate of drug-likeness (QED) is 0.691. The highest BCUT2D eigenvalue weighted by atomic mass is 79.9. The number of hydrogen-bond donors (Lipinski definition) is 1. The van der Waals surface area contributed by atoms with Crippen molar-refractivity contribution in [2.75, 3.05) is 0 Å². The maximum absolute atomic E-state index is 4.06. The van der Waals surface area contributed by atoms with Gasteiger partial charge in [0.15, 0.2) is 0 Å². The van der Waals surface area contributed by atoms with Crippen LogP contribution in [0, 0.1) is 0 Å². The first kappa shape index (κ1) is 7.28. The van der Waals surface area contributed by atoms with Gasteiger partial charge in [0.25, 0.3) is 0 Å². The number of rotatable bonds is 0. The molecule has 0 saturated carbocycles. The lowest BCUT2D eigenvalue weighted by Gasteiger charge is -1.81. The molecule has 2 aromatic rings. The molecule has 0 spiro atoms. The normalized spacial score (nSPS) is 9.20. The Morgan fingerprint density at radius 3 is 2.80 bits per heavy atom. The molecule has 0 aliphatic heterocycles. The number of aromatic amines is 1. The molecule has 52 valence electrons. The molecule has 0 aliphatic carbocycles. The zero-order chi connectivity index (χ0) is 6.10. The third kappa shape index (κ3) is 1.04. The fourth-order valence-corrected chi connectivity index (χ4v) is 0.880. The Kier molecular flexibility index (Phi) is 2.06. The van der Waals surface area contributed by atoms with Gasteiger partial charge in [0.1, 0.15) is 0 Å². The van der Waals surface area contributed by atoms with Gasteiger partial charge in [-0.25, -0.2) is 4.98 Å². The van der Waals surface area contributed by atoms with Crippen LogP contribution in [0.4, 0.5) is 0 Å². The maximum atomic E-state index is 4.06. The smallest absolute Gasteiger partial charge is 0.0931 e. The summed E-state index contributed by atoms with van der Waals surface area (Å²) in [7, 11) is 0. The Balaban J connectivity index is 0.000000500. The van der Waals surface area contributed by atoms with Gasteiger partial charge in [-0.15, -0.1) is 17.0 Å². The van der Waals surface area contributed by atoms with E-state index in [-0.39, 0.29) is 17.0 Å². The van der Waals surface area contributed by atoms with Gasteiger partial charge in [0, 0.05) is 0 Å². The average molecular weight is 199 g/mol. The summed E-state index contributed by atoms with van der Waals surface area (Å²) < 4.78 is 0. The van der Waals surface area contributed by atoms with Gasteiger partial charge in [0.2, 0.25) is 0 Å². The van der Waals surface area contributed by atoms with Crippen molar-refractivity contribution in [3.8, 4) is 0 Å². The maximum Gasteiger partial charge on any atom is 0.0931 e. The number of imidazole rings is 1. The van der Waals surface area contributed by atoms with Crippen LogP contribution in [0.3, 0.4) is 0 Å². The molecule has 2 nitrogen and oxygen atoms in total. The number of para-hydroxylation sites is 2. The van der Waals surface area contributed by atoms with E-state index in [1.807, 2.05) is 24.3 Å². The third-order valence-electron chi connectivity index (χ3n) is 1.33. The number of nitrogens with one attached hydrogen (secondary N) is 1. The van der Waals surface area contributed by atoms with Crippen molar-refractivity contribution in [1.82, 2.24) is 9.97 Å². The van der Waals surface area contributed by atoms with Crippen LogP contribution < -0.4 is 0 Å². The molecule has 1 aromatic carbocycles. The van der Waals surface area contributed by atoms with Gasteiger partial charge in [-0.1, -0.05) is 12.1 Å². The van der Waals surface area contributed by atoms with Gasteiger partial charge in [-0.2, -0.15) is 0 Å². The predicted octanol–water partition coefficient (Wildman–Crippen LogP) is 2.14. The fourth-order valence-electron chi connectivity index (χ4n) is 0.880. The Morgan fingerprint density at radius 1 is 1.20 bits per heavy atom. The van der Waals surface area contributed by atoms with Gasteiger partial charge < -0.3 is 4.98 Å². The number of fused-ring (bicyclic) bond motifs is 1. The Hall–Kier alpha value is -0.830. The second-order valence-corrected chi connectivity index (χ2v) is 1.92. The number of nitrogens with zero attached hydrogens (tertiary/aromatic N) is 1. The molecule has 0 saturated heterocycles. The monoisotopic (exact) mass is 198 g/mol. The van der Waals surface area contributed by atoms with Crippen molar-refractivity contribution < 1.29 is 0 Å². The molecule has 0 bridgehead atoms. The van der Waals surface area contributed by atoms with E-state index in [1.165, 1.54) is 0 Å². The first-order chi connectivity index (χ1) is 4.47. The molecule has 1 heterocycles. The van der Waals surface area contributed by atoms with Crippen molar-refractivity contribution in [2.45, 2.75) is 0 Å². The van der Waals surface area contributed by atoms with E-state index in [0.717, 1.165) is 11.0 Å². The molecule has 0 fully saturated rings. The summed E-state index contributed by atoms with van der Waals surface area (Å²) in [4.78, 5) is 7.07. The van der Waals surface area contributed by atoms with Gasteiger partial charge in [-0.05, 0) is 12.1 Å². The van der Waals surface area contributed by atoms with Gasteiger partial charge in [-0.3, -0.25) is 0 Å². The SMILES string of the molecule is Br.c1ccc2[nH]cnc2c1. The van der Waals surface area contributed by atoms with E-state index < -0.39 is 0 Å². The van der Waals surface area contributed by atoms with Crippen LogP contribution in [0.1, 0.15) is 0 Å². The molecule has 0 amide bonds. The van der Waals surface area contributed by atoms with Gasteiger partial charge >= 0.3 is 0 Å². The molecular weight excluding hydrogens is 192 g/mol. The van der Waals surface area contributed by atoms with Crippen molar-refractivity contribution >= 4 is 28.0 Å². The lowest BCUT2D eigenvalue weighted by Crippen LogP contribution is -1.63. The summed E-state index contributed by atoms with van der Waals surface area (Å²) in [5, 5.41) is 0. The van der Waals surface area contributed by atoms with E-state index >= 15 is 0 Å². The lowest BCUT2D eigenvalue weighted by molar-refractivity contribution is 1.34. The second kappa shape index (κ2) is 2.84. The minimum atomic E-state index is 0. The van der Waals surface area contributed by atoms with Crippen LogP contribution in [0.15, 0.2) is 30.6 Å². The van der Waals surface area contributed by atoms with Crippen molar-refractivity contribution in [3.63, 3.8) is 0 Å². The van der Waals surface area contributed by atoms with E-state index in [2.05, 4.69) is 9.97 Å². The molecule has 3 heteroatoms. The van der Waals surface area contributed by atoms with Crippen LogP contribution in [0.5, 0.6) is 0 Å². The standard InChI is InChI=1S/C7H6N2.BrH/c1-2-4-7-6(3-1)8-5-9-7;/h1-5H,(H,8,9);1H. The topological polar surface area (TPSA) is 28.7 Å². The molecule has 1 aromatic heterocycles. The number of benzene rings is 1. The van der Waals surface area contributed by atoms with Crippen molar-refractivity contribution in [2.24, 2.45) is 0 Å². The summed E-state index contributed by atoms with van der Waals surface area (Å²) >= 11 is 0. The number of aromatic nitrogens is 2. The van der Waals surface area contributed by atoms with E-state index in [9.17, 15) is 0 Å². The summed E-state index contributed by atoms with van der Waals surface area (Å²) in [5.41, 5.74) is 2.12. The van der Waals surface area contributed by atoms with E-state index in [0.29, 0.717) is 0 Å². The first-order valence-electron chi connectivity index (χ1n) is 2.85. The highest BCUT2D eigenvalue weighted by Crippen LogP contribution is 2.05. The molecule has 0 aliphatic rings. The molecule has 1 N–H and O–H groups in total. The zero-order valence-corrected chi connectivity index (χ0v) is 6.96. The Labute approximate surface area is 69.1 Å². The van der Waals surface area contributed by atoms with Crippen molar-refractivity contribution in [3.05, 3.63) is 30.6 Å². The van der Waals surface area contributed by atoms with Crippen LogP contribution >= 0.6 is 17.0 Å². The average Bonchev–Trinajstić information content (AvgIpc) is 2.33. The second-order valence-electron chi connectivity index (χ2n) is 1.92. The summed E-state index contributed by atoms with van der Waals surface area (Å²) in [5.74, 6) is 0. The summed E-state index contributed by atoms with van der Waals surface area (Å²) in [6, 6.07) is 7.94. The summed E-state index contributed by atoms with van der Waals surface area (Å²) in [6.45, 7) is 0. The van der Waals surface area contributed by atoms with E-state index in [4.69, 9.17) is 0 Å². The molecular formula is C7H7BrN2. The molecule has 0 radical (unpaired) electrons. The highest BCUT2D eigenvalue weighted by molar-refractivity contribution is 8.93. The van der Waals surface area contributed by atoms with Gasteiger partial charge in [0.05, 0.1) is 17.4 Å². The Bertz CT molecular complexity index is 286. The van der Waals surface area contributed by atoms with Crippen LogP contribution in [-0.2, 0) is 0 Å². The number of H-pyrrole nitrogens is 1. The van der Waals surface area contributed by atoms with E-state index in [1.54, 1.807) is 6.33 Å². The Morgan fingerprint density at radius 2 is 2.00 bits per heavy atom. The van der Waals surface area contributed by atoms with Crippen LogP contribution in [0.2, 0.25) is 0 Å². The summed E-state index contributed by atoms with van der Waals surface area (Å²) in [6.07, 6.45) is 1.70. The fraction of sp³-hybridized carbons (Fsp3) is 0. The minimum Gasteiger partial charge on any atom is -0.345 e. The van der Waals surface area contributed by atoms with Crippen molar-refractivity contribution in [1.29, 1.82) is 0 Å². The highest BCUT2D eigenvalue weighted by Gasteiger charge is 1.88. The molecule has 0 unspecified atom stereocenters. The number of halogens is 1.